The van der Waals surface area contributed by atoms with Gasteiger partial charge in [0.15, 0.2) is 14.4 Å². The molecule has 2 saturated heterocycles. The zero-order valence-corrected chi connectivity index (χ0v) is 19.5. The predicted molar refractivity (Wildman–Crippen MR) is 111 cm³/mol. The minimum absolute atomic E-state index is 0.143. The fourth-order valence-corrected chi connectivity index (χ4v) is 5.46. The second-order valence-electron chi connectivity index (χ2n) is 9.71. The van der Waals surface area contributed by atoms with Crippen molar-refractivity contribution < 1.29 is 26.8 Å². The van der Waals surface area contributed by atoms with Crippen LogP contribution in [0.2, 0.25) is 18.1 Å². The lowest BCUT2D eigenvalue weighted by Crippen LogP contribution is -2.54. The van der Waals surface area contributed by atoms with Crippen LogP contribution in [0, 0.1) is 24.1 Å². The number of fused-ring (bicyclic) bond motifs is 1. The molecule has 2 heterocycles. The van der Waals surface area contributed by atoms with Crippen molar-refractivity contribution in [1.82, 2.24) is 4.90 Å². The van der Waals surface area contributed by atoms with Gasteiger partial charge in [0.2, 0.25) is 0 Å². The molecule has 0 N–H and O–H groups in total. The Morgan fingerprint density at radius 2 is 1.84 bits per heavy atom. The van der Waals surface area contributed by atoms with E-state index in [9.17, 15) is 22.4 Å². The molecule has 170 valence electrons. The van der Waals surface area contributed by atoms with Gasteiger partial charge >= 0.3 is 12.2 Å². The first-order chi connectivity index (χ1) is 14.1. The summed E-state index contributed by atoms with van der Waals surface area (Å²) in [6.07, 6.45) is -5.18. The van der Waals surface area contributed by atoms with Crippen molar-refractivity contribution in [2.75, 3.05) is 11.4 Å². The molecule has 0 bridgehead atoms. The molecule has 0 spiro atoms. The van der Waals surface area contributed by atoms with Gasteiger partial charge in [-0.25, -0.2) is 9.18 Å². The standard InChI is InChI=1S/C21H27F4N3O2Si/c1-12-14(8-7-13(11-26)16(12)22)28-18(21(23,24)25)17-15(9-10-27(17)19(28)29)30-31(5,6)20(2,3)4/h7-8,15,17-18H,9-10H2,1-6H3/t15-,17+,18+/m1/s1. The number of hydrogen-bond donors (Lipinski definition) is 0. The lowest BCUT2D eigenvalue weighted by molar-refractivity contribution is -0.156. The third-order valence-corrected chi connectivity index (χ3v) is 11.3. The van der Waals surface area contributed by atoms with Crippen LogP contribution < -0.4 is 4.90 Å². The molecule has 2 aliphatic rings. The number of urea groups is 1. The van der Waals surface area contributed by atoms with Crippen molar-refractivity contribution in [3.63, 3.8) is 0 Å². The van der Waals surface area contributed by atoms with Gasteiger partial charge in [0, 0.05) is 12.1 Å². The quantitative estimate of drug-likeness (QED) is 0.455. The number of alkyl halides is 3. The monoisotopic (exact) mass is 457 g/mol. The van der Waals surface area contributed by atoms with E-state index >= 15 is 0 Å². The summed E-state index contributed by atoms with van der Waals surface area (Å²) >= 11 is 0. The molecule has 0 unspecified atom stereocenters. The summed E-state index contributed by atoms with van der Waals surface area (Å²) in [6.45, 7) is 11.4. The van der Waals surface area contributed by atoms with Gasteiger partial charge < -0.3 is 9.33 Å². The van der Waals surface area contributed by atoms with Gasteiger partial charge in [-0.05, 0) is 43.6 Å². The third kappa shape index (κ3) is 3.82. The summed E-state index contributed by atoms with van der Waals surface area (Å²) in [5, 5.41) is 8.80. The van der Waals surface area contributed by atoms with Crippen LogP contribution in [0.25, 0.3) is 0 Å². The largest absolute Gasteiger partial charge is 0.412 e. The Balaban J connectivity index is 2.07. The highest BCUT2D eigenvalue weighted by atomic mass is 28.4. The number of amides is 2. The number of carbonyl (C=O) groups excluding carboxylic acids is 1. The Kier molecular flexibility index (Phi) is 5.68. The van der Waals surface area contributed by atoms with Crippen LogP contribution in [-0.4, -0.2) is 50.2 Å². The molecule has 10 heteroatoms. The van der Waals surface area contributed by atoms with Gasteiger partial charge in [-0.3, -0.25) is 4.90 Å². The van der Waals surface area contributed by atoms with E-state index in [-0.39, 0.29) is 28.4 Å². The van der Waals surface area contributed by atoms with Crippen molar-refractivity contribution >= 4 is 20.0 Å². The lowest BCUT2D eigenvalue weighted by Gasteiger charge is -2.40. The number of benzene rings is 1. The second-order valence-corrected chi connectivity index (χ2v) is 14.5. The maximum absolute atomic E-state index is 14.5. The van der Waals surface area contributed by atoms with Crippen molar-refractivity contribution in [1.29, 1.82) is 5.26 Å². The minimum atomic E-state index is -4.74. The minimum Gasteiger partial charge on any atom is -0.412 e. The summed E-state index contributed by atoms with van der Waals surface area (Å²) in [5.41, 5.74) is -0.620. The normalized spacial score (nSPS) is 24.5. The van der Waals surface area contributed by atoms with E-state index in [1.807, 2.05) is 33.9 Å². The maximum Gasteiger partial charge on any atom is 0.411 e. The third-order valence-electron chi connectivity index (χ3n) is 6.77. The first-order valence-corrected chi connectivity index (χ1v) is 13.1. The van der Waals surface area contributed by atoms with Gasteiger partial charge in [-0.15, -0.1) is 0 Å². The van der Waals surface area contributed by atoms with E-state index in [1.54, 1.807) is 6.07 Å². The predicted octanol–water partition coefficient (Wildman–Crippen LogP) is 5.34. The average molecular weight is 458 g/mol. The molecule has 1 aromatic carbocycles. The Bertz CT molecular complexity index is 936. The topological polar surface area (TPSA) is 56.6 Å². The zero-order chi connectivity index (χ0) is 23.5. The Morgan fingerprint density at radius 1 is 1.23 bits per heavy atom. The highest BCUT2D eigenvalue weighted by molar-refractivity contribution is 6.74. The van der Waals surface area contributed by atoms with E-state index in [0.717, 1.165) is 6.07 Å². The van der Waals surface area contributed by atoms with E-state index in [2.05, 4.69) is 0 Å². The lowest BCUT2D eigenvalue weighted by atomic mass is 10.0. The molecule has 5 nitrogen and oxygen atoms in total. The number of anilines is 1. The van der Waals surface area contributed by atoms with Crippen LogP contribution in [0.4, 0.5) is 28.0 Å². The highest BCUT2D eigenvalue weighted by Crippen LogP contribution is 2.46. The van der Waals surface area contributed by atoms with E-state index < -0.39 is 44.5 Å². The molecule has 3 rings (SSSR count). The molecule has 1 aromatic rings. The fraction of sp³-hybridized carbons (Fsp3) is 0.619. The van der Waals surface area contributed by atoms with Gasteiger partial charge in [0.05, 0.1) is 23.4 Å². The molecule has 3 atom stereocenters. The summed E-state index contributed by atoms with van der Waals surface area (Å²) in [6, 6.07) is -0.214. The van der Waals surface area contributed by atoms with Crippen LogP contribution >= 0.6 is 0 Å². The van der Waals surface area contributed by atoms with Crippen LogP contribution in [0.5, 0.6) is 0 Å². The Labute approximate surface area is 180 Å². The second kappa shape index (κ2) is 7.48. The van der Waals surface area contributed by atoms with Crippen molar-refractivity contribution in [2.45, 2.75) is 76.6 Å². The summed E-state index contributed by atoms with van der Waals surface area (Å²) in [5.74, 6) is -0.921. The van der Waals surface area contributed by atoms with Crippen molar-refractivity contribution in [2.24, 2.45) is 0 Å². The van der Waals surface area contributed by atoms with Gasteiger partial charge in [0.1, 0.15) is 11.9 Å². The molecule has 2 amide bonds. The first kappa shape index (κ1) is 23.5. The van der Waals surface area contributed by atoms with Gasteiger partial charge in [-0.2, -0.15) is 18.4 Å². The molecule has 0 radical (unpaired) electrons. The van der Waals surface area contributed by atoms with Gasteiger partial charge in [0.25, 0.3) is 0 Å². The van der Waals surface area contributed by atoms with Crippen molar-refractivity contribution in [3.05, 3.63) is 29.1 Å². The molecule has 0 aromatic heterocycles. The molecule has 2 aliphatic heterocycles. The highest BCUT2D eigenvalue weighted by Gasteiger charge is 2.64. The molecule has 2 fully saturated rings. The molecule has 0 aliphatic carbocycles. The van der Waals surface area contributed by atoms with E-state index in [0.29, 0.717) is 11.3 Å². The number of nitriles is 1. The molecular weight excluding hydrogens is 430 g/mol. The molecule has 0 saturated carbocycles. The van der Waals surface area contributed by atoms with Crippen LogP contribution in [0.15, 0.2) is 12.1 Å². The van der Waals surface area contributed by atoms with E-state index in [4.69, 9.17) is 9.69 Å². The SMILES string of the molecule is Cc1c(N2C(=O)N3CC[C@@H](O[Si](C)(C)C(C)(C)C)[C@H]3[C@H]2C(F)(F)F)ccc(C#N)c1F. The Hall–Kier alpha value is -2.12. The van der Waals surface area contributed by atoms with E-state index in [1.165, 1.54) is 17.9 Å². The van der Waals surface area contributed by atoms with Crippen LogP contribution in [0.1, 0.15) is 38.3 Å². The number of carbonyl (C=O) groups is 1. The zero-order valence-electron chi connectivity index (χ0n) is 18.5. The van der Waals surface area contributed by atoms with Gasteiger partial charge in [-0.1, -0.05) is 20.8 Å². The first-order valence-electron chi connectivity index (χ1n) is 10.2. The molecular formula is C21H27F4N3O2Si. The fourth-order valence-electron chi connectivity index (χ4n) is 4.09. The number of halogens is 4. The maximum atomic E-state index is 14.5. The summed E-state index contributed by atoms with van der Waals surface area (Å²) < 4.78 is 63.8. The van der Waals surface area contributed by atoms with Crippen LogP contribution in [0.3, 0.4) is 0 Å². The van der Waals surface area contributed by atoms with Crippen LogP contribution in [-0.2, 0) is 4.43 Å². The summed E-state index contributed by atoms with van der Waals surface area (Å²) in [7, 11) is -2.39. The average Bonchev–Trinajstić information content (AvgIpc) is 3.15. The number of hydrogen-bond acceptors (Lipinski definition) is 3. The summed E-state index contributed by atoms with van der Waals surface area (Å²) in [4.78, 5) is 14.9. The number of nitrogens with zero attached hydrogens (tertiary/aromatic N) is 3. The molecule has 31 heavy (non-hydrogen) atoms. The smallest absolute Gasteiger partial charge is 0.411 e. The Morgan fingerprint density at radius 3 is 2.35 bits per heavy atom. The van der Waals surface area contributed by atoms with Crippen molar-refractivity contribution in [3.8, 4) is 6.07 Å². The number of rotatable bonds is 3.